The minimum atomic E-state index is -0.882. The van der Waals surface area contributed by atoms with Crippen molar-refractivity contribution in [3.63, 3.8) is 0 Å². The minimum Gasteiger partial charge on any atom is -0.444 e. The summed E-state index contributed by atoms with van der Waals surface area (Å²) in [5.74, 6) is -2.64. The maximum Gasteiger partial charge on any atom is 0.509 e. The highest BCUT2D eigenvalue weighted by molar-refractivity contribution is 5.86. The molecule has 0 radical (unpaired) electrons. The highest BCUT2D eigenvalue weighted by Crippen LogP contribution is 2.34. The Balaban J connectivity index is 1.63. The molecule has 1 aromatic rings. The van der Waals surface area contributed by atoms with Gasteiger partial charge in [0.1, 0.15) is 22.9 Å². The summed E-state index contributed by atoms with van der Waals surface area (Å²) in [5.41, 5.74) is -0.573. The third-order valence-corrected chi connectivity index (χ3v) is 5.59. The van der Waals surface area contributed by atoms with Gasteiger partial charge in [-0.05, 0) is 51.8 Å². The maximum atomic E-state index is 15.0. The molecule has 2 amide bonds. The predicted molar refractivity (Wildman–Crippen MR) is 118 cm³/mol. The molecule has 2 heterocycles. The van der Waals surface area contributed by atoms with Crippen LogP contribution in [0.5, 0.6) is 0 Å². The lowest BCUT2D eigenvalue weighted by Crippen LogP contribution is -2.50. The molecule has 11 heteroatoms. The first kappa shape index (κ1) is 25.5. The van der Waals surface area contributed by atoms with Crippen molar-refractivity contribution >= 4 is 23.8 Å². The van der Waals surface area contributed by atoms with E-state index in [0.717, 1.165) is 0 Å². The summed E-state index contributed by atoms with van der Waals surface area (Å²) in [4.78, 5) is 40.6. The van der Waals surface area contributed by atoms with Crippen molar-refractivity contribution in [1.29, 1.82) is 0 Å². The lowest BCUT2D eigenvalue weighted by Gasteiger charge is -2.37. The Morgan fingerprint density at radius 2 is 1.65 bits per heavy atom. The zero-order chi connectivity index (χ0) is 25.0. The fraction of sp³-hybridized carbons (Fsp3) is 0.609. The number of anilines is 1. The summed E-state index contributed by atoms with van der Waals surface area (Å²) < 4.78 is 44.9. The number of benzene rings is 1. The standard InChI is InChI=1S/C23H31F2N3O6/c1-5-32-22(31)33-14-28-7-6-16(20(28)29)15-12-17(24)19(18(25)13-15)26-8-10-27(11-9-26)21(30)34-23(2,3)4/h12-13,16H,5-11,14H2,1-4H3/t16-/m1/s1. The summed E-state index contributed by atoms with van der Waals surface area (Å²) in [6, 6.07) is 2.36. The first-order chi connectivity index (χ1) is 16.0. The second-order valence-electron chi connectivity index (χ2n) is 9.19. The molecular formula is C23H31F2N3O6. The second-order valence-corrected chi connectivity index (χ2v) is 9.19. The largest absolute Gasteiger partial charge is 0.509 e. The molecule has 1 aromatic carbocycles. The molecule has 0 spiro atoms. The van der Waals surface area contributed by atoms with Gasteiger partial charge in [0.25, 0.3) is 0 Å². The van der Waals surface area contributed by atoms with Crippen LogP contribution in [-0.4, -0.2) is 79.6 Å². The monoisotopic (exact) mass is 483 g/mol. The smallest absolute Gasteiger partial charge is 0.444 e. The maximum absolute atomic E-state index is 15.0. The molecule has 0 unspecified atom stereocenters. The van der Waals surface area contributed by atoms with Crippen molar-refractivity contribution in [2.24, 2.45) is 0 Å². The van der Waals surface area contributed by atoms with Gasteiger partial charge in [-0.15, -0.1) is 0 Å². The number of carbonyl (C=O) groups excluding carboxylic acids is 3. The van der Waals surface area contributed by atoms with Gasteiger partial charge in [-0.1, -0.05) is 0 Å². The van der Waals surface area contributed by atoms with E-state index in [9.17, 15) is 23.2 Å². The number of hydrogen-bond acceptors (Lipinski definition) is 7. The van der Waals surface area contributed by atoms with Crippen molar-refractivity contribution in [3.8, 4) is 0 Å². The fourth-order valence-electron chi connectivity index (χ4n) is 3.99. The van der Waals surface area contributed by atoms with Gasteiger partial charge in [-0.25, -0.2) is 18.4 Å². The Kier molecular flexibility index (Phi) is 7.83. The van der Waals surface area contributed by atoms with Crippen LogP contribution in [-0.2, 0) is 19.0 Å². The van der Waals surface area contributed by atoms with Crippen molar-refractivity contribution in [1.82, 2.24) is 9.80 Å². The molecule has 0 bridgehead atoms. The Morgan fingerprint density at radius 1 is 1.03 bits per heavy atom. The molecule has 188 valence electrons. The normalized spacial score (nSPS) is 18.8. The molecule has 34 heavy (non-hydrogen) atoms. The molecule has 0 aliphatic carbocycles. The average molecular weight is 484 g/mol. The molecule has 2 saturated heterocycles. The molecule has 2 aliphatic heterocycles. The van der Waals surface area contributed by atoms with E-state index in [1.165, 1.54) is 21.9 Å². The van der Waals surface area contributed by atoms with Gasteiger partial charge in [0.15, 0.2) is 6.73 Å². The van der Waals surface area contributed by atoms with Crippen LogP contribution in [0, 0.1) is 11.6 Å². The quantitative estimate of drug-likeness (QED) is 0.593. The van der Waals surface area contributed by atoms with E-state index < -0.39 is 35.4 Å². The van der Waals surface area contributed by atoms with Gasteiger partial charge in [-0.3, -0.25) is 4.79 Å². The van der Waals surface area contributed by atoms with Crippen LogP contribution < -0.4 is 4.90 Å². The Morgan fingerprint density at radius 3 is 2.21 bits per heavy atom. The van der Waals surface area contributed by atoms with E-state index in [1.54, 1.807) is 32.6 Å². The molecular weight excluding hydrogens is 452 g/mol. The number of carbonyl (C=O) groups is 3. The SMILES string of the molecule is CCOC(=O)OCN1CC[C@H](c2cc(F)c(N3CCN(C(=O)OC(C)(C)C)CC3)c(F)c2)C1=O. The van der Waals surface area contributed by atoms with Gasteiger partial charge in [0, 0.05) is 32.7 Å². The molecule has 0 N–H and O–H groups in total. The van der Waals surface area contributed by atoms with E-state index in [4.69, 9.17) is 9.47 Å². The number of halogens is 2. The molecule has 9 nitrogen and oxygen atoms in total. The van der Waals surface area contributed by atoms with Crippen molar-refractivity contribution < 1.29 is 37.4 Å². The number of piperazine rings is 1. The van der Waals surface area contributed by atoms with Gasteiger partial charge >= 0.3 is 12.2 Å². The third kappa shape index (κ3) is 6.06. The Hall–Kier alpha value is -3.11. The molecule has 1 atom stereocenters. The van der Waals surface area contributed by atoms with Crippen molar-refractivity contribution in [2.45, 2.75) is 45.6 Å². The van der Waals surface area contributed by atoms with Crippen molar-refractivity contribution in [2.75, 3.05) is 51.0 Å². The van der Waals surface area contributed by atoms with E-state index >= 15 is 0 Å². The highest BCUT2D eigenvalue weighted by atomic mass is 19.1. The molecule has 2 fully saturated rings. The fourth-order valence-corrected chi connectivity index (χ4v) is 3.99. The third-order valence-electron chi connectivity index (χ3n) is 5.59. The van der Waals surface area contributed by atoms with Gasteiger partial charge in [0.2, 0.25) is 5.91 Å². The van der Waals surface area contributed by atoms with E-state index in [2.05, 4.69) is 4.74 Å². The first-order valence-electron chi connectivity index (χ1n) is 11.3. The number of rotatable bonds is 5. The zero-order valence-corrected chi connectivity index (χ0v) is 19.9. The summed E-state index contributed by atoms with van der Waals surface area (Å²) >= 11 is 0. The van der Waals surface area contributed by atoms with Gasteiger partial charge in [0.05, 0.1) is 12.5 Å². The number of ether oxygens (including phenoxy) is 3. The van der Waals surface area contributed by atoms with Crippen LogP contribution in [0.15, 0.2) is 12.1 Å². The van der Waals surface area contributed by atoms with E-state index in [0.29, 0.717) is 13.0 Å². The Bertz CT molecular complexity index is 905. The first-order valence-corrected chi connectivity index (χ1v) is 11.3. The Labute approximate surface area is 197 Å². The predicted octanol–water partition coefficient (Wildman–Crippen LogP) is 3.47. The summed E-state index contributed by atoms with van der Waals surface area (Å²) in [5, 5.41) is 0. The summed E-state index contributed by atoms with van der Waals surface area (Å²) in [6.45, 7) is 8.14. The van der Waals surface area contributed by atoms with Crippen LogP contribution in [0.2, 0.25) is 0 Å². The van der Waals surface area contributed by atoms with E-state index in [-0.39, 0.29) is 56.7 Å². The summed E-state index contributed by atoms with van der Waals surface area (Å²) in [6.07, 6.45) is -0.996. The number of likely N-dealkylation sites (tertiary alicyclic amines) is 1. The molecule has 0 aromatic heterocycles. The molecule has 0 saturated carbocycles. The molecule has 3 rings (SSSR count). The average Bonchev–Trinajstić information content (AvgIpc) is 3.11. The number of amides is 2. The van der Waals surface area contributed by atoms with Gasteiger partial charge in [-0.2, -0.15) is 0 Å². The lowest BCUT2D eigenvalue weighted by molar-refractivity contribution is -0.132. The van der Waals surface area contributed by atoms with Crippen molar-refractivity contribution in [3.05, 3.63) is 29.3 Å². The van der Waals surface area contributed by atoms with Crippen LogP contribution in [0.3, 0.4) is 0 Å². The molecule has 2 aliphatic rings. The lowest BCUT2D eigenvalue weighted by atomic mass is 9.96. The van der Waals surface area contributed by atoms with Crippen LogP contribution >= 0.6 is 0 Å². The minimum absolute atomic E-state index is 0.149. The highest BCUT2D eigenvalue weighted by Gasteiger charge is 2.35. The van der Waals surface area contributed by atoms with Crippen LogP contribution in [0.1, 0.15) is 45.6 Å². The van der Waals surface area contributed by atoms with Crippen LogP contribution in [0.4, 0.5) is 24.1 Å². The second kappa shape index (κ2) is 10.4. The van der Waals surface area contributed by atoms with E-state index in [1.807, 2.05) is 0 Å². The van der Waals surface area contributed by atoms with Gasteiger partial charge < -0.3 is 28.9 Å². The number of nitrogens with zero attached hydrogens (tertiary/aromatic N) is 3. The van der Waals surface area contributed by atoms with Crippen LogP contribution in [0.25, 0.3) is 0 Å². The summed E-state index contributed by atoms with van der Waals surface area (Å²) in [7, 11) is 0. The number of hydrogen-bond donors (Lipinski definition) is 0. The topological polar surface area (TPSA) is 88.6 Å². The zero-order valence-electron chi connectivity index (χ0n) is 19.9.